The van der Waals surface area contributed by atoms with Crippen molar-refractivity contribution in [3.05, 3.63) is 28.8 Å². The van der Waals surface area contributed by atoms with Gasteiger partial charge in [0.2, 0.25) is 0 Å². The Labute approximate surface area is 132 Å². The van der Waals surface area contributed by atoms with Crippen molar-refractivity contribution in [2.24, 2.45) is 0 Å². The van der Waals surface area contributed by atoms with Crippen molar-refractivity contribution in [3.63, 3.8) is 0 Å². The molecule has 1 aliphatic rings. The number of urea groups is 1. The summed E-state index contributed by atoms with van der Waals surface area (Å²) in [6.07, 6.45) is 3.53. The lowest BCUT2D eigenvalue weighted by molar-refractivity contribution is 0.0698. The van der Waals surface area contributed by atoms with Crippen molar-refractivity contribution < 1.29 is 14.7 Å². The number of carbonyl (C=O) groups excluding carboxylic acids is 1. The summed E-state index contributed by atoms with van der Waals surface area (Å²) >= 11 is 7.72. The molecular weight excluding hydrogens is 312 g/mol. The van der Waals surface area contributed by atoms with Gasteiger partial charge in [0.25, 0.3) is 0 Å². The Kier molecular flexibility index (Phi) is 5.76. The standard InChI is InChI=1S/C14H17ClN2O3S/c15-10-5-3-6-11(12(10)13(18)19)17-14(20)16-8-9-4-1-2-7-21-9/h3,5-6,9H,1-2,4,7-8H2,(H,18,19)(H2,16,17,20). The van der Waals surface area contributed by atoms with Gasteiger partial charge in [-0.1, -0.05) is 24.1 Å². The van der Waals surface area contributed by atoms with Crippen LogP contribution in [0.2, 0.25) is 5.02 Å². The van der Waals surface area contributed by atoms with Crippen LogP contribution in [-0.4, -0.2) is 34.7 Å². The molecule has 1 unspecified atom stereocenters. The lowest BCUT2D eigenvalue weighted by atomic mass is 10.2. The molecule has 0 radical (unpaired) electrons. The molecule has 0 aromatic heterocycles. The van der Waals surface area contributed by atoms with Gasteiger partial charge in [0.05, 0.1) is 10.7 Å². The Morgan fingerprint density at radius 1 is 1.38 bits per heavy atom. The van der Waals surface area contributed by atoms with Crippen LogP contribution in [0.15, 0.2) is 18.2 Å². The van der Waals surface area contributed by atoms with E-state index in [9.17, 15) is 9.59 Å². The van der Waals surface area contributed by atoms with Crippen molar-refractivity contribution in [2.45, 2.75) is 24.5 Å². The van der Waals surface area contributed by atoms with Gasteiger partial charge in [-0.2, -0.15) is 11.8 Å². The maximum atomic E-state index is 11.9. The number of hydrogen-bond acceptors (Lipinski definition) is 3. The summed E-state index contributed by atoms with van der Waals surface area (Å²) in [5.74, 6) is -0.0375. The maximum absolute atomic E-state index is 11.9. The van der Waals surface area contributed by atoms with Crippen LogP contribution >= 0.6 is 23.4 Å². The van der Waals surface area contributed by atoms with E-state index in [1.807, 2.05) is 11.8 Å². The fourth-order valence-corrected chi connectivity index (χ4v) is 3.68. The van der Waals surface area contributed by atoms with Crippen molar-refractivity contribution in [3.8, 4) is 0 Å². The molecule has 114 valence electrons. The van der Waals surface area contributed by atoms with Gasteiger partial charge in [0.15, 0.2) is 0 Å². The number of carboxylic acid groups (broad SMARTS) is 1. The molecule has 0 bridgehead atoms. The van der Waals surface area contributed by atoms with E-state index < -0.39 is 12.0 Å². The minimum Gasteiger partial charge on any atom is -0.478 e. The van der Waals surface area contributed by atoms with Crippen LogP contribution in [0.3, 0.4) is 0 Å². The zero-order valence-corrected chi connectivity index (χ0v) is 13.0. The Morgan fingerprint density at radius 3 is 2.86 bits per heavy atom. The molecule has 21 heavy (non-hydrogen) atoms. The first-order valence-electron chi connectivity index (χ1n) is 6.76. The molecule has 7 heteroatoms. The minimum atomic E-state index is -1.17. The molecule has 1 atom stereocenters. The second-order valence-corrected chi connectivity index (χ2v) is 6.61. The maximum Gasteiger partial charge on any atom is 0.339 e. The molecule has 1 aliphatic heterocycles. The van der Waals surface area contributed by atoms with E-state index >= 15 is 0 Å². The monoisotopic (exact) mass is 328 g/mol. The number of anilines is 1. The van der Waals surface area contributed by atoms with Crippen LogP contribution in [-0.2, 0) is 0 Å². The summed E-state index contributed by atoms with van der Waals surface area (Å²) in [6, 6.07) is 4.18. The smallest absolute Gasteiger partial charge is 0.339 e. The van der Waals surface area contributed by atoms with Crippen LogP contribution < -0.4 is 10.6 Å². The number of nitrogens with one attached hydrogen (secondary N) is 2. The first-order valence-corrected chi connectivity index (χ1v) is 8.19. The van der Waals surface area contributed by atoms with Crippen LogP contribution in [0.4, 0.5) is 10.5 Å². The highest BCUT2D eigenvalue weighted by atomic mass is 35.5. The van der Waals surface area contributed by atoms with Crippen molar-refractivity contribution in [1.82, 2.24) is 5.32 Å². The number of hydrogen-bond donors (Lipinski definition) is 3. The third kappa shape index (κ3) is 4.54. The van der Waals surface area contributed by atoms with E-state index in [-0.39, 0.29) is 16.3 Å². The summed E-state index contributed by atoms with van der Waals surface area (Å²) in [5.41, 5.74) is 0.102. The highest BCUT2D eigenvalue weighted by Crippen LogP contribution is 2.25. The van der Waals surface area contributed by atoms with E-state index in [1.165, 1.54) is 25.0 Å². The number of amides is 2. The predicted molar refractivity (Wildman–Crippen MR) is 85.5 cm³/mol. The lowest BCUT2D eigenvalue weighted by Gasteiger charge is -2.21. The first-order chi connectivity index (χ1) is 10.1. The Hall–Kier alpha value is -1.40. The highest BCUT2D eigenvalue weighted by Gasteiger charge is 2.18. The Bertz CT molecular complexity index is 533. The summed E-state index contributed by atoms with van der Waals surface area (Å²) in [6.45, 7) is 0.583. The van der Waals surface area contributed by atoms with Gasteiger partial charge in [-0.05, 0) is 30.7 Å². The van der Waals surface area contributed by atoms with Crippen LogP contribution in [0.25, 0.3) is 0 Å². The minimum absolute atomic E-state index is 0.0960. The van der Waals surface area contributed by atoms with Gasteiger partial charge < -0.3 is 15.7 Å². The molecule has 1 saturated heterocycles. The summed E-state index contributed by atoms with van der Waals surface area (Å²) in [4.78, 5) is 23.0. The average molecular weight is 329 g/mol. The molecule has 2 amide bonds. The number of benzene rings is 1. The third-order valence-electron chi connectivity index (χ3n) is 3.24. The molecule has 3 N–H and O–H groups in total. The molecule has 1 fully saturated rings. The van der Waals surface area contributed by atoms with Crippen molar-refractivity contribution >= 4 is 41.1 Å². The SMILES string of the molecule is O=C(NCC1CCCCS1)Nc1cccc(Cl)c1C(=O)O. The molecule has 0 spiro atoms. The molecule has 1 heterocycles. The van der Waals surface area contributed by atoms with Crippen molar-refractivity contribution in [2.75, 3.05) is 17.6 Å². The topological polar surface area (TPSA) is 78.4 Å². The van der Waals surface area contributed by atoms with Crippen LogP contribution in [0.1, 0.15) is 29.6 Å². The number of thioether (sulfide) groups is 1. The first kappa shape index (κ1) is 16.0. The predicted octanol–water partition coefficient (Wildman–Crippen LogP) is 3.45. The molecule has 2 rings (SSSR count). The summed E-state index contributed by atoms with van der Waals surface area (Å²) in [7, 11) is 0. The Morgan fingerprint density at radius 2 is 2.19 bits per heavy atom. The Balaban J connectivity index is 1.93. The summed E-state index contributed by atoms with van der Waals surface area (Å²) < 4.78 is 0. The van der Waals surface area contributed by atoms with Gasteiger partial charge >= 0.3 is 12.0 Å². The van der Waals surface area contributed by atoms with E-state index in [0.717, 1.165) is 12.2 Å². The second-order valence-electron chi connectivity index (χ2n) is 4.79. The average Bonchev–Trinajstić information content (AvgIpc) is 2.46. The van der Waals surface area contributed by atoms with Gasteiger partial charge in [-0.15, -0.1) is 0 Å². The van der Waals surface area contributed by atoms with E-state index in [4.69, 9.17) is 16.7 Å². The van der Waals surface area contributed by atoms with E-state index in [0.29, 0.717) is 11.8 Å². The van der Waals surface area contributed by atoms with Gasteiger partial charge in [0, 0.05) is 11.8 Å². The largest absolute Gasteiger partial charge is 0.478 e. The fraction of sp³-hybridized carbons (Fsp3) is 0.429. The number of carboxylic acids is 1. The molecule has 0 aliphatic carbocycles. The van der Waals surface area contributed by atoms with Crippen molar-refractivity contribution in [1.29, 1.82) is 0 Å². The molecule has 5 nitrogen and oxygen atoms in total. The lowest BCUT2D eigenvalue weighted by Crippen LogP contribution is -2.35. The van der Waals surface area contributed by atoms with Crippen LogP contribution in [0, 0.1) is 0 Å². The fourth-order valence-electron chi connectivity index (χ4n) is 2.19. The van der Waals surface area contributed by atoms with E-state index in [1.54, 1.807) is 6.07 Å². The third-order valence-corrected chi connectivity index (χ3v) is 4.95. The number of aromatic carboxylic acids is 1. The molecule has 1 aromatic rings. The zero-order valence-electron chi connectivity index (χ0n) is 11.4. The van der Waals surface area contributed by atoms with Gasteiger partial charge in [-0.25, -0.2) is 9.59 Å². The molecule has 0 saturated carbocycles. The molecule has 1 aromatic carbocycles. The second kappa shape index (κ2) is 7.56. The number of carbonyl (C=O) groups is 2. The van der Waals surface area contributed by atoms with Gasteiger partial charge in [0.1, 0.15) is 5.56 Å². The molecular formula is C14H17ClN2O3S. The zero-order chi connectivity index (χ0) is 15.2. The highest BCUT2D eigenvalue weighted by molar-refractivity contribution is 7.99. The summed E-state index contributed by atoms with van der Waals surface area (Å²) in [5, 5.41) is 15.0. The van der Waals surface area contributed by atoms with Gasteiger partial charge in [-0.3, -0.25) is 0 Å². The number of halogens is 1. The van der Waals surface area contributed by atoms with E-state index in [2.05, 4.69) is 10.6 Å². The van der Waals surface area contributed by atoms with Crippen LogP contribution in [0.5, 0.6) is 0 Å². The quantitative estimate of drug-likeness (QED) is 0.791. The normalized spacial score (nSPS) is 18.0. The number of rotatable bonds is 4.